The summed E-state index contributed by atoms with van der Waals surface area (Å²) in [6, 6.07) is 11.5. The number of anilines is 1. The normalized spacial score (nSPS) is 17.8. The molecule has 2 aliphatic rings. The SMILES string of the molecule is Cc1ccc(NC(=O)N2CCC3(CC2)N=C(c2ccc(F)cc2)C(=O)N3)c(C)c1. The Labute approximate surface area is 168 Å². The van der Waals surface area contributed by atoms with Gasteiger partial charge in [0.2, 0.25) is 0 Å². The number of urea groups is 1. The first kappa shape index (κ1) is 19.1. The fourth-order valence-corrected chi connectivity index (χ4v) is 3.83. The summed E-state index contributed by atoms with van der Waals surface area (Å²) in [6.45, 7) is 4.95. The number of rotatable bonds is 2. The number of piperidine rings is 1. The van der Waals surface area contributed by atoms with Crippen LogP contribution in [0.3, 0.4) is 0 Å². The van der Waals surface area contributed by atoms with E-state index in [-0.39, 0.29) is 17.8 Å². The fourth-order valence-electron chi connectivity index (χ4n) is 3.83. The molecule has 0 saturated carbocycles. The molecule has 4 rings (SSSR count). The third-order valence-corrected chi connectivity index (χ3v) is 5.51. The van der Waals surface area contributed by atoms with E-state index in [0.717, 1.165) is 16.8 Å². The minimum Gasteiger partial charge on any atom is -0.326 e. The Bertz CT molecular complexity index is 992. The van der Waals surface area contributed by atoms with Gasteiger partial charge in [-0.15, -0.1) is 0 Å². The maximum absolute atomic E-state index is 13.2. The lowest BCUT2D eigenvalue weighted by Crippen LogP contribution is -2.53. The monoisotopic (exact) mass is 394 g/mol. The first-order valence-electron chi connectivity index (χ1n) is 9.67. The number of nitrogens with zero attached hydrogens (tertiary/aromatic N) is 2. The van der Waals surface area contributed by atoms with E-state index in [0.29, 0.717) is 37.2 Å². The molecular formula is C22H23FN4O2. The molecule has 7 heteroatoms. The predicted molar refractivity (Wildman–Crippen MR) is 110 cm³/mol. The number of aliphatic imine (C=N–C) groups is 1. The van der Waals surface area contributed by atoms with Crippen molar-refractivity contribution in [3.63, 3.8) is 0 Å². The number of amides is 3. The first-order valence-corrected chi connectivity index (χ1v) is 9.67. The zero-order valence-electron chi connectivity index (χ0n) is 16.5. The highest BCUT2D eigenvalue weighted by atomic mass is 19.1. The van der Waals surface area contributed by atoms with Crippen LogP contribution in [-0.2, 0) is 4.79 Å². The number of nitrogens with one attached hydrogen (secondary N) is 2. The Hall–Kier alpha value is -3.22. The molecule has 3 amide bonds. The molecule has 2 aromatic carbocycles. The summed E-state index contributed by atoms with van der Waals surface area (Å²) in [5.74, 6) is -0.615. The number of carbonyl (C=O) groups is 2. The lowest BCUT2D eigenvalue weighted by molar-refractivity contribution is -0.115. The summed E-state index contributed by atoms with van der Waals surface area (Å²) in [5, 5.41) is 5.93. The summed E-state index contributed by atoms with van der Waals surface area (Å²) in [4.78, 5) is 31.4. The molecular weight excluding hydrogens is 371 g/mol. The summed E-state index contributed by atoms with van der Waals surface area (Å²) in [5.41, 5.74) is 3.17. The number of carbonyl (C=O) groups excluding carboxylic acids is 2. The minimum absolute atomic E-state index is 0.154. The van der Waals surface area contributed by atoms with Crippen molar-refractivity contribution in [3.05, 3.63) is 65.0 Å². The molecule has 0 unspecified atom stereocenters. The van der Waals surface area contributed by atoms with E-state index in [1.54, 1.807) is 17.0 Å². The van der Waals surface area contributed by atoms with Gasteiger partial charge in [-0.2, -0.15) is 0 Å². The molecule has 1 saturated heterocycles. The van der Waals surface area contributed by atoms with Crippen LogP contribution in [0, 0.1) is 19.7 Å². The maximum Gasteiger partial charge on any atom is 0.321 e. The van der Waals surface area contributed by atoms with E-state index in [1.807, 2.05) is 32.0 Å². The van der Waals surface area contributed by atoms with Crippen molar-refractivity contribution in [3.8, 4) is 0 Å². The third-order valence-electron chi connectivity index (χ3n) is 5.51. The molecule has 1 fully saturated rings. The number of hydrogen-bond donors (Lipinski definition) is 2. The number of benzene rings is 2. The van der Waals surface area contributed by atoms with Gasteiger partial charge in [0.05, 0.1) is 0 Å². The molecule has 0 radical (unpaired) electrons. The molecule has 150 valence electrons. The summed E-state index contributed by atoms with van der Waals surface area (Å²) >= 11 is 0. The van der Waals surface area contributed by atoms with Gasteiger partial charge in [0.25, 0.3) is 5.91 Å². The standard InChI is InChI=1S/C22H23FN4O2/c1-14-3-8-18(15(2)13-14)24-21(29)27-11-9-22(10-12-27)25-19(20(28)26-22)16-4-6-17(23)7-5-16/h3-8,13H,9-12H2,1-2H3,(H,24,29)(H,26,28). The second-order valence-corrected chi connectivity index (χ2v) is 7.69. The van der Waals surface area contributed by atoms with Gasteiger partial charge < -0.3 is 15.5 Å². The van der Waals surface area contributed by atoms with Crippen LogP contribution in [0.25, 0.3) is 0 Å². The van der Waals surface area contributed by atoms with Crippen LogP contribution in [0.5, 0.6) is 0 Å². The molecule has 1 spiro atoms. The topological polar surface area (TPSA) is 73.8 Å². The molecule has 2 aliphatic heterocycles. The molecule has 2 heterocycles. The zero-order chi connectivity index (χ0) is 20.6. The highest BCUT2D eigenvalue weighted by molar-refractivity contribution is 6.46. The zero-order valence-corrected chi connectivity index (χ0v) is 16.5. The summed E-state index contributed by atoms with van der Waals surface area (Å²) in [6.07, 6.45) is 1.06. The van der Waals surface area contributed by atoms with Crippen LogP contribution in [0.15, 0.2) is 47.5 Å². The molecule has 29 heavy (non-hydrogen) atoms. The van der Waals surface area contributed by atoms with Crippen LogP contribution in [0.4, 0.5) is 14.9 Å². The van der Waals surface area contributed by atoms with Crippen LogP contribution < -0.4 is 10.6 Å². The fraction of sp³-hybridized carbons (Fsp3) is 0.318. The number of halogens is 1. The lowest BCUT2D eigenvalue weighted by Gasteiger charge is -2.37. The van der Waals surface area contributed by atoms with E-state index >= 15 is 0 Å². The van der Waals surface area contributed by atoms with Crippen molar-refractivity contribution < 1.29 is 14.0 Å². The largest absolute Gasteiger partial charge is 0.326 e. The molecule has 2 aromatic rings. The second kappa shape index (κ2) is 7.31. The van der Waals surface area contributed by atoms with Crippen molar-refractivity contribution in [2.24, 2.45) is 4.99 Å². The Balaban J connectivity index is 1.43. The molecule has 0 bridgehead atoms. The van der Waals surface area contributed by atoms with Crippen molar-refractivity contribution in [1.82, 2.24) is 10.2 Å². The van der Waals surface area contributed by atoms with Gasteiger partial charge in [0, 0.05) is 37.2 Å². The molecule has 0 aromatic heterocycles. The van der Waals surface area contributed by atoms with Crippen molar-refractivity contribution in [2.75, 3.05) is 18.4 Å². The van der Waals surface area contributed by atoms with Gasteiger partial charge in [-0.1, -0.05) is 17.7 Å². The summed E-state index contributed by atoms with van der Waals surface area (Å²) < 4.78 is 13.2. The first-order chi connectivity index (χ1) is 13.8. The molecule has 2 N–H and O–H groups in total. The Morgan fingerprint density at radius 1 is 1.14 bits per heavy atom. The van der Waals surface area contributed by atoms with Gasteiger partial charge in [-0.3, -0.25) is 9.79 Å². The highest BCUT2D eigenvalue weighted by Gasteiger charge is 2.42. The number of likely N-dealkylation sites (tertiary alicyclic amines) is 1. The lowest BCUT2D eigenvalue weighted by atomic mass is 9.98. The Morgan fingerprint density at radius 3 is 2.48 bits per heavy atom. The molecule has 0 aliphatic carbocycles. The molecule has 6 nitrogen and oxygen atoms in total. The van der Waals surface area contributed by atoms with Crippen molar-refractivity contribution in [2.45, 2.75) is 32.4 Å². The van der Waals surface area contributed by atoms with Crippen LogP contribution in [0.2, 0.25) is 0 Å². The summed E-state index contributed by atoms with van der Waals surface area (Å²) in [7, 11) is 0. The van der Waals surface area contributed by atoms with Gasteiger partial charge in [0.15, 0.2) is 0 Å². The van der Waals surface area contributed by atoms with E-state index in [4.69, 9.17) is 0 Å². The Morgan fingerprint density at radius 2 is 1.83 bits per heavy atom. The predicted octanol–water partition coefficient (Wildman–Crippen LogP) is 3.39. The van der Waals surface area contributed by atoms with E-state index in [2.05, 4.69) is 15.6 Å². The third kappa shape index (κ3) is 3.85. The van der Waals surface area contributed by atoms with Crippen LogP contribution in [0.1, 0.15) is 29.5 Å². The number of hydrogen-bond acceptors (Lipinski definition) is 3. The van der Waals surface area contributed by atoms with Gasteiger partial charge in [-0.05, 0) is 49.7 Å². The average molecular weight is 394 g/mol. The highest BCUT2D eigenvalue weighted by Crippen LogP contribution is 2.29. The number of aryl methyl sites for hydroxylation is 2. The van der Waals surface area contributed by atoms with Gasteiger partial charge in [0.1, 0.15) is 17.2 Å². The van der Waals surface area contributed by atoms with Crippen LogP contribution >= 0.6 is 0 Å². The molecule has 0 atom stereocenters. The van der Waals surface area contributed by atoms with Gasteiger partial charge in [-0.25, -0.2) is 9.18 Å². The van der Waals surface area contributed by atoms with Crippen molar-refractivity contribution >= 4 is 23.3 Å². The maximum atomic E-state index is 13.2. The smallest absolute Gasteiger partial charge is 0.321 e. The van der Waals surface area contributed by atoms with Gasteiger partial charge >= 0.3 is 6.03 Å². The second-order valence-electron chi connectivity index (χ2n) is 7.69. The average Bonchev–Trinajstić information content (AvgIpc) is 3.01. The quantitative estimate of drug-likeness (QED) is 0.820. The van der Waals surface area contributed by atoms with E-state index < -0.39 is 5.66 Å². The minimum atomic E-state index is -0.697. The Kier molecular flexibility index (Phi) is 4.82. The van der Waals surface area contributed by atoms with E-state index in [1.165, 1.54) is 12.1 Å². The van der Waals surface area contributed by atoms with E-state index in [9.17, 15) is 14.0 Å². The van der Waals surface area contributed by atoms with Crippen LogP contribution in [-0.4, -0.2) is 41.3 Å². The van der Waals surface area contributed by atoms with Crippen molar-refractivity contribution in [1.29, 1.82) is 0 Å².